The van der Waals surface area contributed by atoms with Crippen LogP contribution in [-0.2, 0) is 9.53 Å². The third-order valence-electron chi connectivity index (χ3n) is 4.13. The fraction of sp³-hybridized carbons (Fsp3) is 0.941. The molecule has 0 aliphatic rings. The van der Waals surface area contributed by atoms with Crippen LogP contribution < -0.4 is 5.73 Å². The van der Waals surface area contributed by atoms with Crippen molar-refractivity contribution in [3.05, 3.63) is 0 Å². The number of rotatable bonds is 12. The van der Waals surface area contributed by atoms with Crippen LogP contribution in [-0.4, -0.2) is 24.3 Å². The van der Waals surface area contributed by atoms with Crippen molar-refractivity contribution in [1.82, 2.24) is 0 Å². The standard InChI is InChI=1S/C17H32F3NO2/c1-4-6-7-8-9-10-11-12-14(15(21)17(18,19)20)16(22)23-13(3)5-2/h13-15H,4-12,21H2,1-3H3/t13?,14-,15-/m0/s1. The van der Waals surface area contributed by atoms with Gasteiger partial charge in [-0.2, -0.15) is 13.2 Å². The lowest BCUT2D eigenvalue weighted by Crippen LogP contribution is -2.47. The molecule has 0 aliphatic carbocycles. The van der Waals surface area contributed by atoms with Crippen LogP contribution in [0.1, 0.15) is 78.6 Å². The summed E-state index contributed by atoms with van der Waals surface area (Å²) in [5.74, 6) is -2.13. The molecule has 0 spiro atoms. The molecule has 2 N–H and O–H groups in total. The van der Waals surface area contributed by atoms with E-state index >= 15 is 0 Å². The van der Waals surface area contributed by atoms with Crippen LogP contribution in [0.3, 0.4) is 0 Å². The first-order valence-corrected chi connectivity index (χ1v) is 8.76. The smallest absolute Gasteiger partial charge is 0.404 e. The highest BCUT2D eigenvalue weighted by atomic mass is 19.4. The fourth-order valence-corrected chi connectivity index (χ4v) is 2.36. The quantitative estimate of drug-likeness (QED) is 0.403. The highest BCUT2D eigenvalue weighted by Gasteiger charge is 2.45. The molecule has 0 aliphatic heterocycles. The minimum atomic E-state index is -4.58. The summed E-state index contributed by atoms with van der Waals surface area (Å²) >= 11 is 0. The van der Waals surface area contributed by atoms with Gasteiger partial charge < -0.3 is 10.5 Å². The zero-order valence-corrected chi connectivity index (χ0v) is 14.6. The Bertz CT molecular complexity index is 321. The summed E-state index contributed by atoms with van der Waals surface area (Å²) in [6.07, 6.45) is 2.67. The highest BCUT2D eigenvalue weighted by Crippen LogP contribution is 2.28. The first kappa shape index (κ1) is 22.2. The summed E-state index contributed by atoms with van der Waals surface area (Å²) < 4.78 is 43.7. The van der Waals surface area contributed by atoms with Gasteiger partial charge in [-0.15, -0.1) is 0 Å². The predicted octanol–water partition coefficient (Wildman–Crippen LogP) is 4.97. The van der Waals surface area contributed by atoms with Gasteiger partial charge in [0.25, 0.3) is 0 Å². The number of carbonyl (C=O) groups excluding carboxylic acids is 1. The van der Waals surface area contributed by atoms with Crippen molar-refractivity contribution in [2.75, 3.05) is 0 Å². The Morgan fingerprint density at radius 3 is 2.04 bits per heavy atom. The van der Waals surface area contributed by atoms with Crippen LogP contribution in [0.4, 0.5) is 13.2 Å². The highest BCUT2D eigenvalue weighted by molar-refractivity contribution is 5.73. The third-order valence-corrected chi connectivity index (χ3v) is 4.13. The second kappa shape index (κ2) is 11.7. The van der Waals surface area contributed by atoms with Crippen LogP contribution in [0.25, 0.3) is 0 Å². The molecule has 0 amide bonds. The number of nitrogens with two attached hydrogens (primary N) is 1. The van der Waals surface area contributed by atoms with E-state index in [4.69, 9.17) is 10.5 Å². The normalized spacial score (nSPS) is 16.0. The topological polar surface area (TPSA) is 52.3 Å². The molecule has 138 valence electrons. The van der Waals surface area contributed by atoms with Crippen molar-refractivity contribution in [2.24, 2.45) is 11.7 Å². The maximum atomic E-state index is 12.9. The number of esters is 1. The molecule has 0 radical (unpaired) electrons. The molecule has 0 bridgehead atoms. The Balaban J connectivity index is 4.42. The molecule has 0 saturated heterocycles. The molecule has 0 aromatic heterocycles. The molecular formula is C17H32F3NO2. The van der Waals surface area contributed by atoms with Crippen molar-refractivity contribution >= 4 is 5.97 Å². The van der Waals surface area contributed by atoms with Crippen LogP contribution >= 0.6 is 0 Å². The lowest BCUT2D eigenvalue weighted by atomic mass is 9.93. The molecule has 3 nitrogen and oxygen atoms in total. The number of ether oxygens (including phenoxy) is 1. The van der Waals surface area contributed by atoms with Crippen molar-refractivity contribution in [2.45, 2.75) is 96.9 Å². The van der Waals surface area contributed by atoms with Gasteiger partial charge in [-0.05, 0) is 19.8 Å². The second-order valence-electron chi connectivity index (χ2n) is 6.24. The number of hydrogen-bond donors (Lipinski definition) is 1. The van der Waals surface area contributed by atoms with Gasteiger partial charge in [-0.3, -0.25) is 4.79 Å². The van der Waals surface area contributed by atoms with Gasteiger partial charge in [0.1, 0.15) is 6.04 Å². The molecular weight excluding hydrogens is 307 g/mol. The molecule has 0 saturated carbocycles. The van der Waals surface area contributed by atoms with E-state index in [1.165, 1.54) is 6.42 Å². The predicted molar refractivity (Wildman–Crippen MR) is 86.0 cm³/mol. The van der Waals surface area contributed by atoms with Gasteiger partial charge in [0.15, 0.2) is 0 Å². The van der Waals surface area contributed by atoms with E-state index in [0.29, 0.717) is 12.8 Å². The van der Waals surface area contributed by atoms with Gasteiger partial charge in [0.2, 0.25) is 0 Å². The number of unbranched alkanes of at least 4 members (excludes halogenated alkanes) is 6. The lowest BCUT2D eigenvalue weighted by Gasteiger charge is -2.25. The zero-order chi connectivity index (χ0) is 17.9. The average Bonchev–Trinajstić information content (AvgIpc) is 2.48. The van der Waals surface area contributed by atoms with E-state index in [-0.39, 0.29) is 12.5 Å². The van der Waals surface area contributed by atoms with E-state index in [1.54, 1.807) is 6.92 Å². The van der Waals surface area contributed by atoms with Crippen LogP contribution in [0.2, 0.25) is 0 Å². The Hall–Kier alpha value is -0.780. The molecule has 23 heavy (non-hydrogen) atoms. The molecule has 0 rings (SSSR count). The summed E-state index contributed by atoms with van der Waals surface area (Å²) in [7, 11) is 0. The third kappa shape index (κ3) is 9.84. The summed E-state index contributed by atoms with van der Waals surface area (Å²) in [5, 5.41) is 0. The van der Waals surface area contributed by atoms with Gasteiger partial charge >= 0.3 is 12.1 Å². The van der Waals surface area contributed by atoms with Crippen LogP contribution in [0, 0.1) is 5.92 Å². The van der Waals surface area contributed by atoms with Crippen LogP contribution in [0.15, 0.2) is 0 Å². The van der Waals surface area contributed by atoms with Gasteiger partial charge in [-0.25, -0.2) is 0 Å². The Kier molecular flexibility index (Phi) is 11.3. The molecule has 0 aromatic carbocycles. The molecule has 0 fully saturated rings. The monoisotopic (exact) mass is 339 g/mol. The second-order valence-corrected chi connectivity index (χ2v) is 6.24. The largest absolute Gasteiger partial charge is 0.462 e. The molecule has 0 heterocycles. The van der Waals surface area contributed by atoms with E-state index in [9.17, 15) is 18.0 Å². The first-order valence-electron chi connectivity index (χ1n) is 8.76. The van der Waals surface area contributed by atoms with Crippen molar-refractivity contribution in [1.29, 1.82) is 0 Å². The summed E-state index contributed by atoms with van der Waals surface area (Å²) in [5.41, 5.74) is 5.27. The van der Waals surface area contributed by atoms with Crippen LogP contribution in [0.5, 0.6) is 0 Å². The summed E-state index contributed by atoms with van der Waals surface area (Å²) in [6, 6.07) is -2.15. The number of hydrogen-bond acceptors (Lipinski definition) is 3. The number of carbonyl (C=O) groups is 1. The average molecular weight is 339 g/mol. The Morgan fingerprint density at radius 1 is 1.04 bits per heavy atom. The van der Waals surface area contributed by atoms with Crippen molar-refractivity contribution in [3.8, 4) is 0 Å². The Labute approximate surface area is 138 Å². The summed E-state index contributed by atoms with van der Waals surface area (Å²) in [6.45, 7) is 5.61. The maximum Gasteiger partial charge on any atom is 0.404 e. The minimum Gasteiger partial charge on any atom is -0.462 e. The van der Waals surface area contributed by atoms with E-state index in [1.807, 2.05) is 6.92 Å². The maximum absolute atomic E-state index is 12.9. The number of alkyl halides is 3. The molecule has 6 heteroatoms. The van der Waals surface area contributed by atoms with Crippen molar-refractivity contribution < 1.29 is 22.7 Å². The Morgan fingerprint density at radius 2 is 1.57 bits per heavy atom. The van der Waals surface area contributed by atoms with Gasteiger partial charge in [0, 0.05) is 0 Å². The van der Waals surface area contributed by atoms with Gasteiger partial charge in [-0.1, -0.05) is 58.8 Å². The minimum absolute atomic E-state index is 0.129. The lowest BCUT2D eigenvalue weighted by molar-refractivity contribution is -0.179. The van der Waals surface area contributed by atoms with Crippen molar-refractivity contribution in [3.63, 3.8) is 0 Å². The first-order chi connectivity index (χ1) is 10.7. The fourth-order valence-electron chi connectivity index (χ4n) is 2.36. The summed E-state index contributed by atoms with van der Waals surface area (Å²) in [4.78, 5) is 12.0. The SMILES string of the molecule is CCCCCCCCC[C@H](C(=O)OC(C)CC)[C@H](N)C(F)(F)F. The number of halogens is 3. The zero-order valence-electron chi connectivity index (χ0n) is 14.6. The molecule has 0 aromatic rings. The van der Waals surface area contributed by atoms with Gasteiger partial charge in [0.05, 0.1) is 12.0 Å². The molecule has 3 atom stereocenters. The molecule has 1 unspecified atom stereocenters. The van der Waals surface area contributed by atoms with E-state index in [2.05, 4.69) is 6.92 Å². The van der Waals surface area contributed by atoms with E-state index < -0.39 is 24.1 Å². The van der Waals surface area contributed by atoms with E-state index in [0.717, 1.165) is 32.1 Å².